The zero-order valence-corrected chi connectivity index (χ0v) is 9.78. The van der Waals surface area contributed by atoms with Crippen LogP contribution in [0.1, 0.15) is 18.2 Å². The van der Waals surface area contributed by atoms with Crippen LogP contribution in [-0.4, -0.2) is 4.98 Å². The van der Waals surface area contributed by atoms with Crippen LogP contribution in [0.25, 0.3) is 11.6 Å². The highest BCUT2D eigenvalue weighted by Gasteiger charge is 1.96. The van der Waals surface area contributed by atoms with E-state index in [2.05, 4.69) is 18.0 Å². The Hall–Kier alpha value is -1.60. The number of allylic oxidation sites excluding steroid dienone is 1. The average molecular weight is 230 g/mol. The summed E-state index contributed by atoms with van der Waals surface area (Å²) in [5.74, 6) is 0. The maximum atomic E-state index is 5.84. The van der Waals surface area contributed by atoms with E-state index in [0.717, 1.165) is 16.3 Å². The minimum atomic E-state index is 0.759. The summed E-state index contributed by atoms with van der Waals surface area (Å²) in [7, 11) is 0. The van der Waals surface area contributed by atoms with Gasteiger partial charge in [-0.25, -0.2) is 0 Å². The third-order valence-electron chi connectivity index (χ3n) is 2.35. The molecule has 2 heteroatoms. The first kappa shape index (κ1) is 10.9. The fraction of sp³-hybridized carbons (Fsp3) is 0.0714. The van der Waals surface area contributed by atoms with Gasteiger partial charge >= 0.3 is 0 Å². The molecule has 0 aliphatic carbocycles. The SMILES string of the molecule is C/C(=C\c1ccccn1)c1ccc(Cl)cc1. The van der Waals surface area contributed by atoms with Gasteiger partial charge in [0.2, 0.25) is 0 Å². The molecule has 1 aromatic carbocycles. The molecular weight excluding hydrogens is 218 g/mol. The van der Waals surface area contributed by atoms with Crippen molar-refractivity contribution in [1.29, 1.82) is 0 Å². The number of benzene rings is 1. The summed E-state index contributed by atoms with van der Waals surface area (Å²) >= 11 is 5.84. The van der Waals surface area contributed by atoms with Gasteiger partial charge < -0.3 is 0 Å². The fourth-order valence-electron chi connectivity index (χ4n) is 1.48. The van der Waals surface area contributed by atoms with E-state index in [-0.39, 0.29) is 0 Å². The molecule has 0 amide bonds. The van der Waals surface area contributed by atoms with Gasteiger partial charge in [-0.05, 0) is 48.4 Å². The lowest BCUT2D eigenvalue weighted by atomic mass is 10.1. The molecule has 1 nitrogen and oxygen atoms in total. The summed E-state index contributed by atoms with van der Waals surface area (Å²) in [5.41, 5.74) is 3.31. The van der Waals surface area contributed by atoms with Gasteiger partial charge in [0.15, 0.2) is 0 Å². The van der Waals surface area contributed by atoms with Crippen LogP contribution in [0.15, 0.2) is 48.7 Å². The Morgan fingerprint density at radius 2 is 1.88 bits per heavy atom. The highest BCUT2D eigenvalue weighted by Crippen LogP contribution is 2.18. The molecule has 0 fully saturated rings. The van der Waals surface area contributed by atoms with Gasteiger partial charge in [-0.3, -0.25) is 4.98 Å². The summed E-state index contributed by atoms with van der Waals surface area (Å²) in [4.78, 5) is 4.26. The predicted octanol–water partition coefficient (Wildman–Crippen LogP) is 4.30. The van der Waals surface area contributed by atoms with Crippen LogP contribution in [0.3, 0.4) is 0 Å². The molecule has 0 N–H and O–H groups in total. The van der Waals surface area contributed by atoms with Crippen molar-refractivity contribution in [2.24, 2.45) is 0 Å². The van der Waals surface area contributed by atoms with Crippen LogP contribution < -0.4 is 0 Å². The second-order valence-electron chi connectivity index (χ2n) is 3.59. The van der Waals surface area contributed by atoms with Gasteiger partial charge in [-0.15, -0.1) is 0 Å². The first-order chi connectivity index (χ1) is 7.75. The Balaban J connectivity index is 2.28. The maximum Gasteiger partial charge on any atom is 0.0632 e. The first-order valence-electron chi connectivity index (χ1n) is 5.11. The molecule has 16 heavy (non-hydrogen) atoms. The van der Waals surface area contributed by atoms with Crippen LogP contribution in [0.2, 0.25) is 5.02 Å². The Kier molecular flexibility index (Phi) is 3.37. The van der Waals surface area contributed by atoms with Crippen molar-refractivity contribution in [1.82, 2.24) is 4.98 Å². The van der Waals surface area contributed by atoms with Crippen LogP contribution in [-0.2, 0) is 0 Å². The van der Waals surface area contributed by atoms with Crippen molar-refractivity contribution < 1.29 is 0 Å². The minimum absolute atomic E-state index is 0.759. The highest BCUT2D eigenvalue weighted by atomic mass is 35.5. The highest BCUT2D eigenvalue weighted by molar-refractivity contribution is 6.30. The number of pyridine rings is 1. The summed E-state index contributed by atoms with van der Waals surface area (Å²) < 4.78 is 0. The van der Waals surface area contributed by atoms with Gasteiger partial charge in [0.05, 0.1) is 5.69 Å². The molecule has 0 unspecified atom stereocenters. The molecule has 0 bridgehead atoms. The molecule has 0 radical (unpaired) electrons. The third kappa shape index (κ3) is 2.71. The third-order valence-corrected chi connectivity index (χ3v) is 2.60. The molecule has 0 aliphatic heterocycles. The number of rotatable bonds is 2. The first-order valence-corrected chi connectivity index (χ1v) is 5.49. The van der Waals surface area contributed by atoms with Gasteiger partial charge in [0.1, 0.15) is 0 Å². The van der Waals surface area contributed by atoms with E-state index in [0.29, 0.717) is 0 Å². The van der Waals surface area contributed by atoms with Gasteiger partial charge in [0, 0.05) is 11.2 Å². The van der Waals surface area contributed by atoms with Crippen molar-refractivity contribution in [3.63, 3.8) is 0 Å². The maximum absolute atomic E-state index is 5.84. The van der Waals surface area contributed by atoms with E-state index in [1.807, 2.05) is 42.5 Å². The zero-order chi connectivity index (χ0) is 11.4. The number of halogens is 1. The summed E-state index contributed by atoms with van der Waals surface area (Å²) in [6.45, 7) is 2.07. The van der Waals surface area contributed by atoms with E-state index < -0.39 is 0 Å². The van der Waals surface area contributed by atoms with Crippen LogP contribution in [0, 0.1) is 0 Å². The molecule has 0 saturated heterocycles. The molecule has 0 spiro atoms. The molecule has 2 aromatic rings. The van der Waals surface area contributed by atoms with E-state index in [4.69, 9.17) is 11.6 Å². The zero-order valence-electron chi connectivity index (χ0n) is 9.02. The summed E-state index contributed by atoms with van der Waals surface area (Å²) in [5, 5.41) is 0.759. The van der Waals surface area contributed by atoms with Gasteiger partial charge in [-0.2, -0.15) is 0 Å². The summed E-state index contributed by atoms with van der Waals surface area (Å²) in [6, 6.07) is 13.7. The van der Waals surface area contributed by atoms with E-state index >= 15 is 0 Å². The lowest BCUT2D eigenvalue weighted by Crippen LogP contribution is -1.82. The quantitative estimate of drug-likeness (QED) is 0.749. The lowest BCUT2D eigenvalue weighted by Gasteiger charge is -2.01. The van der Waals surface area contributed by atoms with Crippen molar-refractivity contribution in [3.8, 4) is 0 Å². The Morgan fingerprint density at radius 3 is 2.50 bits per heavy atom. The molecular formula is C14H12ClN. The number of nitrogens with zero attached hydrogens (tertiary/aromatic N) is 1. The van der Waals surface area contributed by atoms with Crippen LogP contribution in [0.4, 0.5) is 0 Å². The number of hydrogen-bond acceptors (Lipinski definition) is 1. The van der Waals surface area contributed by atoms with E-state index in [9.17, 15) is 0 Å². The van der Waals surface area contributed by atoms with Crippen molar-refractivity contribution >= 4 is 23.3 Å². The number of hydrogen-bond donors (Lipinski definition) is 0. The predicted molar refractivity (Wildman–Crippen MR) is 69.2 cm³/mol. The van der Waals surface area contributed by atoms with E-state index in [1.54, 1.807) is 6.20 Å². The average Bonchev–Trinajstić information content (AvgIpc) is 2.31. The Bertz CT molecular complexity index is 486. The normalized spacial score (nSPS) is 11.5. The second kappa shape index (κ2) is 4.95. The largest absolute Gasteiger partial charge is 0.257 e. The van der Waals surface area contributed by atoms with Crippen molar-refractivity contribution in [2.45, 2.75) is 6.92 Å². The molecule has 1 heterocycles. The van der Waals surface area contributed by atoms with Crippen LogP contribution >= 0.6 is 11.6 Å². The fourth-order valence-corrected chi connectivity index (χ4v) is 1.61. The van der Waals surface area contributed by atoms with Crippen molar-refractivity contribution in [2.75, 3.05) is 0 Å². The molecule has 80 valence electrons. The molecule has 1 aromatic heterocycles. The lowest BCUT2D eigenvalue weighted by molar-refractivity contribution is 1.29. The Morgan fingerprint density at radius 1 is 1.12 bits per heavy atom. The topological polar surface area (TPSA) is 12.9 Å². The number of aromatic nitrogens is 1. The molecule has 2 rings (SSSR count). The smallest absolute Gasteiger partial charge is 0.0632 e. The van der Waals surface area contributed by atoms with Gasteiger partial charge in [-0.1, -0.05) is 29.8 Å². The van der Waals surface area contributed by atoms with E-state index in [1.165, 1.54) is 5.57 Å². The second-order valence-corrected chi connectivity index (χ2v) is 4.03. The molecule has 0 aliphatic rings. The minimum Gasteiger partial charge on any atom is -0.257 e. The monoisotopic (exact) mass is 229 g/mol. The van der Waals surface area contributed by atoms with Gasteiger partial charge in [0.25, 0.3) is 0 Å². The summed E-state index contributed by atoms with van der Waals surface area (Å²) in [6.07, 6.45) is 3.85. The molecule has 0 saturated carbocycles. The van der Waals surface area contributed by atoms with Crippen LogP contribution in [0.5, 0.6) is 0 Å². The molecule has 0 atom stereocenters. The van der Waals surface area contributed by atoms with Crippen molar-refractivity contribution in [3.05, 3.63) is 64.9 Å². The standard InChI is InChI=1S/C14H12ClN/c1-11(10-14-4-2-3-9-16-14)12-5-7-13(15)8-6-12/h2-10H,1H3/b11-10+. The Labute approximate surface area is 100 Å².